The molecule has 1 aliphatic heterocycles. The fraction of sp³-hybridized carbons (Fsp3) is 0.636. The van der Waals surface area contributed by atoms with Crippen LogP contribution in [0, 0.1) is 0 Å². The van der Waals surface area contributed by atoms with Crippen molar-refractivity contribution in [3.05, 3.63) is 18.0 Å². The second-order valence-corrected chi connectivity index (χ2v) is 4.14. The topological polar surface area (TPSA) is 67.6 Å². The summed E-state index contributed by atoms with van der Waals surface area (Å²) in [4.78, 5) is 12.9. The number of rotatable bonds is 4. The zero-order valence-electron chi connectivity index (χ0n) is 9.87. The maximum atomic E-state index is 10.8. The van der Waals surface area contributed by atoms with Gasteiger partial charge in [-0.15, -0.1) is 0 Å². The van der Waals surface area contributed by atoms with Crippen LogP contribution in [-0.2, 0) is 22.6 Å². The van der Waals surface area contributed by atoms with Crippen molar-refractivity contribution in [1.29, 1.82) is 0 Å². The van der Waals surface area contributed by atoms with E-state index in [1.165, 1.54) is 0 Å². The molecule has 0 amide bonds. The Morgan fingerprint density at radius 2 is 2.53 bits per heavy atom. The second kappa shape index (κ2) is 5.29. The highest BCUT2D eigenvalue weighted by molar-refractivity contribution is 5.72. The number of carbonyl (C=O) groups is 1. The first-order valence-electron chi connectivity index (χ1n) is 5.77. The lowest BCUT2D eigenvalue weighted by molar-refractivity contribution is -0.156. The monoisotopic (exact) mass is 239 g/mol. The van der Waals surface area contributed by atoms with Crippen molar-refractivity contribution in [3.63, 3.8) is 0 Å². The molecule has 1 aliphatic rings. The first-order valence-corrected chi connectivity index (χ1v) is 5.77. The van der Waals surface area contributed by atoms with E-state index in [2.05, 4.69) is 10.00 Å². The molecule has 2 rings (SSSR count). The fourth-order valence-electron chi connectivity index (χ4n) is 1.91. The van der Waals surface area contributed by atoms with Gasteiger partial charge in [-0.3, -0.25) is 9.58 Å². The third kappa shape index (κ3) is 3.04. The number of aryl methyl sites for hydroxylation is 1. The van der Waals surface area contributed by atoms with Gasteiger partial charge < -0.3 is 9.84 Å². The molecule has 0 radical (unpaired) electrons. The normalized spacial score (nSPS) is 21.6. The molecule has 94 valence electrons. The number of aromatic nitrogens is 2. The van der Waals surface area contributed by atoms with Gasteiger partial charge in [0.25, 0.3) is 0 Å². The Morgan fingerprint density at radius 3 is 3.18 bits per heavy atom. The standard InChI is InChI=1S/C11H17N3O3/c1-2-14-7-9(5-12-14)6-13-3-4-17-10(8-13)11(15)16/h5,7,10H,2-4,6,8H2,1H3,(H,15,16). The summed E-state index contributed by atoms with van der Waals surface area (Å²) in [6, 6.07) is 0. The van der Waals surface area contributed by atoms with Crippen LogP contribution in [-0.4, -0.2) is 51.6 Å². The van der Waals surface area contributed by atoms with E-state index in [4.69, 9.17) is 9.84 Å². The molecule has 0 spiro atoms. The van der Waals surface area contributed by atoms with Gasteiger partial charge in [-0.25, -0.2) is 4.79 Å². The molecule has 1 atom stereocenters. The van der Waals surface area contributed by atoms with Crippen molar-refractivity contribution >= 4 is 5.97 Å². The number of aliphatic carboxylic acids is 1. The van der Waals surface area contributed by atoms with Crippen molar-refractivity contribution in [1.82, 2.24) is 14.7 Å². The van der Waals surface area contributed by atoms with Gasteiger partial charge in [0.1, 0.15) is 0 Å². The Bertz CT molecular complexity index is 391. The van der Waals surface area contributed by atoms with Crippen molar-refractivity contribution in [2.24, 2.45) is 0 Å². The highest BCUT2D eigenvalue weighted by Gasteiger charge is 2.26. The number of ether oxygens (including phenoxy) is 1. The summed E-state index contributed by atoms with van der Waals surface area (Å²) in [7, 11) is 0. The zero-order valence-corrected chi connectivity index (χ0v) is 9.87. The van der Waals surface area contributed by atoms with Gasteiger partial charge in [0.05, 0.1) is 12.8 Å². The number of morpholine rings is 1. The van der Waals surface area contributed by atoms with E-state index in [1.807, 2.05) is 24.0 Å². The molecule has 1 N–H and O–H groups in total. The van der Waals surface area contributed by atoms with Gasteiger partial charge in [0, 0.05) is 37.9 Å². The molecule has 1 saturated heterocycles. The van der Waals surface area contributed by atoms with E-state index in [9.17, 15) is 4.79 Å². The fourth-order valence-corrected chi connectivity index (χ4v) is 1.91. The van der Waals surface area contributed by atoms with Crippen LogP contribution in [0.3, 0.4) is 0 Å². The molecule has 0 aromatic carbocycles. The van der Waals surface area contributed by atoms with E-state index < -0.39 is 12.1 Å². The summed E-state index contributed by atoms with van der Waals surface area (Å²) in [6.45, 7) is 5.28. The van der Waals surface area contributed by atoms with Crippen LogP contribution in [0.2, 0.25) is 0 Å². The van der Waals surface area contributed by atoms with Crippen LogP contribution in [0.5, 0.6) is 0 Å². The first-order chi connectivity index (χ1) is 8.19. The van der Waals surface area contributed by atoms with Gasteiger partial charge >= 0.3 is 5.97 Å². The molecule has 6 nitrogen and oxygen atoms in total. The summed E-state index contributed by atoms with van der Waals surface area (Å²) >= 11 is 0. The number of carboxylic acid groups (broad SMARTS) is 1. The Labute approximate surface area is 99.8 Å². The highest BCUT2D eigenvalue weighted by atomic mass is 16.5. The van der Waals surface area contributed by atoms with Crippen LogP contribution < -0.4 is 0 Å². The maximum Gasteiger partial charge on any atom is 0.334 e. The first kappa shape index (κ1) is 12.1. The lowest BCUT2D eigenvalue weighted by Crippen LogP contribution is -2.45. The molecule has 1 unspecified atom stereocenters. The molecule has 1 aromatic rings. The zero-order chi connectivity index (χ0) is 12.3. The van der Waals surface area contributed by atoms with E-state index in [1.54, 1.807) is 0 Å². The molecular weight excluding hydrogens is 222 g/mol. The molecule has 17 heavy (non-hydrogen) atoms. The van der Waals surface area contributed by atoms with Crippen molar-refractivity contribution in [2.75, 3.05) is 19.7 Å². The summed E-state index contributed by atoms with van der Waals surface area (Å²) in [6.07, 6.45) is 3.12. The van der Waals surface area contributed by atoms with Gasteiger partial charge in [-0.05, 0) is 6.92 Å². The lowest BCUT2D eigenvalue weighted by Gasteiger charge is -2.30. The number of carboxylic acids is 1. The van der Waals surface area contributed by atoms with Crippen LogP contribution in [0.1, 0.15) is 12.5 Å². The third-order valence-corrected chi connectivity index (χ3v) is 2.84. The highest BCUT2D eigenvalue weighted by Crippen LogP contribution is 2.10. The van der Waals surface area contributed by atoms with Gasteiger partial charge in [0.2, 0.25) is 0 Å². The van der Waals surface area contributed by atoms with Crippen LogP contribution >= 0.6 is 0 Å². The third-order valence-electron chi connectivity index (χ3n) is 2.84. The Kier molecular flexibility index (Phi) is 3.75. The minimum Gasteiger partial charge on any atom is -0.479 e. The summed E-state index contributed by atoms with van der Waals surface area (Å²) in [5, 5.41) is 13.1. The van der Waals surface area contributed by atoms with Gasteiger partial charge in [-0.1, -0.05) is 0 Å². The Hall–Kier alpha value is -1.40. The van der Waals surface area contributed by atoms with Crippen molar-refractivity contribution in [2.45, 2.75) is 26.1 Å². The Morgan fingerprint density at radius 1 is 1.71 bits per heavy atom. The Balaban J connectivity index is 1.92. The van der Waals surface area contributed by atoms with Crippen LogP contribution in [0.15, 0.2) is 12.4 Å². The average Bonchev–Trinajstić information content (AvgIpc) is 2.77. The van der Waals surface area contributed by atoms with E-state index in [-0.39, 0.29) is 0 Å². The minimum absolute atomic E-state index is 0.437. The van der Waals surface area contributed by atoms with Gasteiger partial charge in [-0.2, -0.15) is 5.10 Å². The smallest absolute Gasteiger partial charge is 0.334 e. The predicted octanol–water partition coefficient (Wildman–Crippen LogP) is 0.188. The molecule has 1 aromatic heterocycles. The maximum absolute atomic E-state index is 10.8. The molecule has 0 bridgehead atoms. The molecule has 6 heteroatoms. The minimum atomic E-state index is -0.890. The molecule has 0 aliphatic carbocycles. The summed E-state index contributed by atoms with van der Waals surface area (Å²) < 4.78 is 7.04. The van der Waals surface area contributed by atoms with E-state index in [0.29, 0.717) is 13.2 Å². The number of hydrogen-bond donors (Lipinski definition) is 1. The van der Waals surface area contributed by atoms with Crippen LogP contribution in [0.25, 0.3) is 0 Å². The van der Waals surface area contributed by atoms with Crippen LogP contribution in [0.4, 0.5) is 0 Å². The molecular formula is C11H17N3O3. The summed E-state index contributed by atoms with van der Waals surface area (Å²) in [5.74, 6) is -0.890. The quantitative estimate of drug-likeness (QED) is 0.812. The van der Waals surface area contributed by atoms with Gasteiger partial charge in [0.15, 0.2) is 6.10 Å². The number of hydrogen-bond acceptors (Lipinski definition) is 4. The number of nitrogens with zero attached hydrogens (tertiary/aromatic N) is 3. The lowest BCUT2D eigenvalue weighted by atomic mass is 10.2. The summed E-state index contributed by atoms with van der Waals surface area (Å²) in [5.41, 5.74) is 1.11. The average molecular weight is 239 g/mol. The molecule has 2 heterocycles. The van der Waals surface area contributed by atoms with E-state index >= 15 is 0 Å². The second-order valence-electron chi connectivity index (χ2n) is 4.14. The largest absolute Gasteiger partial charge is 0.479 e. The van der Waals surface area contributed by atoms with Crippen molar-refractivity contribution in [3.8, 4) is 0 Å². The van der Waals surface area contributed by atoms with Crippen molar-refractivity contribution < 1.29 is 14.6 Å². The predicted molar refractivity (Wildman–Crippen MR) is 60.6 cm³/mol. The van der Waals surface area contributed by atoms with E-state index in [0.717, 1.165) is 25.2 Å². The SMILES string of the molecule is CCn1cc(CN2CCOC(C(=O)O)C2)cn1. The molecule has 1 fully saturated rings. The molecule has 0 saturated carbocycles.